The van der Waals surface area contributed by atoms with Crippen LogP contribution in [0.4, 0.5) is 5.69 Å². The summed E-state index contributed by atoms with van der Waals surface area (Å²) >= 11 is 0. The van der Waals surface area contributed by atoms with Gasteiger partial charge in [-0.15, -0.1) is 0 Å². The maximum absolute atomic E-state index is 12.3. The summed E-state index contributed by atoms with van der Waals surface area (Å²) in [6.45, 7) is 8.15. The van der Waals surface area contributed by atoms with Gasteiger partial charge in [0.05, 0.1) is 19.3 Å². The molecule has 0 atom stereocenters. The van der Waals surface area contributed by atoms with Gasteiger partial charge in [-0.2, -0.15) is 0 Å². The van der Waals surface area contributed by atoms with E-state index in [0.29, 0.717) is 23.7 Å². The molecule has 29 heavy (non-hydrogen) atoms. The van der Waals surface area contributed by atoms with Gasteiger partial charge in [-0.3, -0.25) is 4.79 Å². The van der Waals surface area contributed by atoms with E-state index in [1.807, 2.05) is 32.9 Å². The highest BCUT2D eigenvalue weighted by molar-refractivity contribution is 5.96. The molecule has 0 aliphatic carbocycles. The zero-order valence-electron chi connectivity index (χ0n) is 17.8. The first kappa shape index (κ1) is 22.3. The summed E-state index contributed by atoms with van der Waals surface area (Å²) < 4.78 is 16.1. The van der Waals surface area contributed by atoms with E-state index in [2.05, 4.69) is 12.2 Å². The van der Waals surface area contributed by atoms with Crippen LogP contribution in [0.15, 0.2) is 30.3 Å². The SMILES string of the molecule is CCCCOc1ccc(C(=O)OCC(=O)Nc2c(C)cc(C)cc2C)cc1OC. The predicted octanol–water partition coefficient (Wildman–Crippen LogP) is 4.59. The van der Waals surface area contributed by atoms with E-state index >= 15 is 0 Å². The Balaban J connectivity index is 1.97. The fraction of sp³-hybridized carbons (Fsp3) is 0.391. The number of unbranched alkanes of at least 4 members (excludes halogenated alkanes) is 1. The van der Waals surface area contributed by atoms with Crippen molar-refractivity contribution >= 4 is 17.6 Å². The van der Waals surface area contributed by atoms with E-state index in [4.69, 9.17) is 14.2 Å². The van der Waals surface area contributed by atoms with Crippen LogP contribution in [0.1, 0.15) is 46.8 Å². The van der Waals surface area contributed by atoms with Crippen molar-refractivity contribution < 1.29 is 23.8 Å². The average Bonchev–Trinajstić information content (AvgIpc) is 2.69. The fourth-order valence-corrected chi connectivity index (χ4v) is 3.01. The Morgan fingerprint density at radius 1 is 1.00 bits per heavy atom. The minimum atomic E-state index is -0.601. The molecule has 2 rings (SSSR count). The summed E-state index contributed by atoms with van der Waals surface area (Å²) in [6, 6.07) is 8.80. The van der Waals surface area contributed by atoms with Crippen molar-refractivity contribution in [3.63, 3.8) is 0 Å². The van der Waals surface area contributed by atoms with Crippen molar-refractivity contribution in [1.82, 2.24) is 0 Å². The second-order valence-corrected chi connectivity index (χ2v) is 6.97. The molecule has 1 N–H and O–H groups in total. The van der Waals surface area contributed by atoms with Gasteiger partial charge in [0, 0.05) is 5.69 Å². The smallest absolute Gasteiger partial charge is 0.338 e. The minimum absolute atomic E-state index is 0.292. The third-order valence-electron chi connectivity index (χ3n) is 4.43. The molecule has 0 saturated carbocycles. The molecular formula is C23H29NO5. The van der Waals surface area contributed by atoms with Gasteiger partial charge >= 0.3 is 5.97 Å². The van der Waals surface area contributed by atoms with Crippen LogP contribution in [0.2, 0.25) is 0 Å². The number of carbonyl (C=O) groups excluding carboxylic acids is 2. The van der Waals surface area contributed by atoms with Gasteiger partial charge in [-0.1, -0.05) is 31.0 Å². The number of benzene rings is 2. The Labute approximate surface area is 172 Å². The minimum Gasteiger partial charge on any atom is -0.493 e. The summed E-state index contributed by atoms with van der Waals surface area (Å²) in [6.07, 6.45) is 1.96. The number of anilines is 1. The molecule has 0 unspecified atom stereocenters. The number of hydrogen-bond donors (Lipinski definition) is 1. The first-order valence-corrected chi connectivity index (χ1v) is 9.71. The van der Waals surface area contributed by atoms with Crippen molar-refractivity contribution in [2.75, 3.05) is 25.6 Å². The number of esters is 1. The molecule has 0 heterocycles. The van der Waals surface area contributed by atoms with Crippen LogP contribution >= 0.6 is 0 Å². The molecule has 6 nitrogen and oxygen atoms in total. The zero-order valence-corrected chi connectivity index (χ0v) is 17.8. The van der Waals surface area contributed by atoms with Crippen LogP contribution in [0.25, 0.3) is 0 Å². The van der Waals surface area contributed by atoms with E-state index in [1.165, 1.54) is 7.11 Å². The van der Waals surface area contributed by atoms with Crippen molar-refractivity contribution in [1.29, 1.82) is 0 Å². The topological polar surface area (TPSA) is 73.9 Å². The Kier molecular flexibility index (Phi) is 8.07. The number of amides is 1. The van der Waals surface area contributed by atoms with Crippen LogP contribution < -0.4 is 14.8 Å². The second-order valence-electron chi connectivity index (χ2n) is 6.97. The number of rotatable bonds is 9. The average molecular weight is 399 g/mol. The van der Waals surface area contributed by atoms with Gasteiger partial charge in [0.1, 0.15) is 0 Å². The van der Waals surface area contributed by atoms with Gasteiger partial charge in [0.25, 0.3) is 5.91 Å². The molecule has 0 aliphatic heterocycles. The Hall–Kier alpha value is -3.02. The first-order valence-electron chi connectivity index (χ1n) is 9.71. The first-order chi connectivity index (χ1) is 13.8. The maximum atomic E-state index is 12.3. The number of methoxy groups -OCH3 is 1. The third-order valence-corrected chi connectivity index (χ3v) is 4.43. The van der Waals surface area contributed by atoms with E-state index in [0.717, 1.165) is 35.2 Å². The lowest BCUT2D eigenvalue weighted by Crippen LogP contribution is -2.22. The largest absolute Gasteiger partial charge is 0.493 e. The van der Waals surface area contributed by atoms with Gasteiger partial charge in [0.15, 0.2) is 18.1 Å². The maximum Gasteiger partial charge on any atom is 0.338 e. The lowest BCUT2D eigenvalue weighted by molar-refractivity contribution is -0.119. The lowest BCUT2D eigenvalue weighted by atomic mass is 10.1. The van der Waals surface area contributed by atoms with Crippen molar-refractivity contribution in [3.8, 4) is 11.5 Å². The molecule has 0 bridgehead atoms. The number of aryl methyl sites for hydroxylation is 3. The van der Waals surface area contributed by atoms with Crippen LogP contribution in [0.5, 0.6) is 11.5 Å². The van der Waals surface area contributed by atoms with Crippen LogP contribution in [-0.4, -0.2) is 32.2 Å². The van der Waals surface area contributed by atoms with E-state index in [9.17, 15) is 9.59 Å². The summed E-state index contributed by atoms with van der Waals surface area (Å²) in [5.74, 6) is 0.0299. The highest BCUT2D eigenvalue weighted by Crippen LogP contribution is 2.28. The molecule has 1 amide bonds. The zero-order chi connectivity index (χ0) is 21.4. The molecule has 0 saturated heterocycles. The molecule has 2 aromatic rings. The second kappa shape index (κ2) is 10.5. The highest BCUT2D eigenvalue weighted by atomic mass is 16.5. The Morgan fingerprint density at radius 2 is 1.69 bits per heavy atom. The number of carbonyl (C=O) groups is 2. The molecule has 0 aliphatic rings. The molecule has 6 heteroatoms. The normalized spacial score (nSPS) is 10.4. The van der Waals surface area contributed by atoms with Crippen LogP contribution in [0.3, 0.4) is 0 Å². The van der Waals surface area contributed by atoms with Gasteiger partial charge in [-0.05, 0) is 56.5 Å². The summed E-state index contributed by atoms with van der Waals surface area (Å²) in [4.78, 5) is 24.5. The van der Waals surface area contributed by atoms with Crippen LogP contribution in [0, 0.1) is 20.8 Å². The molecular weight excluding hydrogens is 370 g/mol. The van der Waals surface area contributed by atoms with Gasteiger partial charge in [0.2, 0.25) is 0 Å². The quantitative estimate of drug-likeness (QED) is 0.493. The van der Waals surface area contributed by atoms with Crippen molar-refractivity contribution in [2.45, 2.75) is 40.5 Å². The van der Waals surface area contributed by atoms with Crippen molar-refractivity contribution in [3.05, 3.63) is 52.6 Å². The number of hydrogen-bond acceptors (Lipinski definition) is 5. The van der Waals surface area contributed by atoms with E-state index in [1.54, 1.807) is 18.2 Å². The van der Waals surface area contributed by atoms with Gasteiger partial charge < -0.3 is 19.5 Å². The lowest BCUT2D eigenvalue weighted by Gasteiger charge is -2.13. The standard InChI is InChI=1S/C23H29NO5/c1-6-7-10-28-19-9-8-18(13-20(19)27-5)23(26)29-14-21(25)24-22-16(3)11-15(2)12-17(22)4/h8-9,11-13H,6-7,10,14H2,1-5H3,(H,24,25). The van der Waals surface area contributed by atoms with E-state index in [-0.39, 0.29) is 12.5 Å². The Bertz CT molecular complexity index is 853. The molecule has 156 valence electrons. The summed E-state index contributed by atoms with van der Waals surface area (Å²) in [7, 11) is 1.51. The third kappa shape index (κ3) is 6.24. The number of nitrogens with one attached hydrogen (secondary N) is 1. The molecule has 0 radical (unpaired) electrons. The molecule has 0 fully saturated rings. The summed E-state index contributed by atoms with van der Waals surface area (Å²) in [5.41, 5.74) is 4.09. The highest BCUT2D eigenvalue weighted by Gasteiger charge is 2.15. The summed E-state index contributed by atoms with van der Waals surface area (Å²) in [5, 5.41) is 2.81. The molecule has 2 aromatic carbocycles. The number of ether oxygens (including phenoxy) is 3. The monoisotopic (exact) mass is 399 g/mol. The Morgan fingerprint density at radius 3 is 2.31 bits per heavy atom. The van der Waals surface area contributed by atoms with E-state index < -0.39 is 5.97 Å². The molecule has 0 spiro atoms. The van der Waals surface area contributed by atoms with Crippen LogP contribution in [-0.2, 0) is 9.53 Å². The molecule has 0 aromatic heterocycles. The predicted molar refractivity (Wildman–Crippen MR) is 113 cm³/mol. The fourth-order valence-electron chi connectivity index (χ4n) is 3.01. The van der Waals surface area contributed by atoms with Gasteiger partial charge in [-0.25, -0.2) is 4.79 Å². The van der Waals surface area contributed by atoms with Crippen molar-refractivity contribution in [2.24, 2.45) is 0 Å².